The second-order valence-electron chi connectivity index (χ2n) is 5.54. The molecule has 0 fully saturated rings. The number of rotatable bonds is 9. The Balaban J connectivity index is 2.37. The van der Waals surface area contributed by atoms with E-state index in [4.69, 9.17) is 14.2 Å². The molecule has 0 aliphatic heterocycles. The molecule has 1 aromatic rings. The molecule has 0 atom stereocenters. The Labute approximate surface area is 127 Å². The van der Waals surface area contributed by atoms with Gasteiger partial charge in [0.15, 0.2) is 0 Å². The highest BCUT2D eigenvalue weighted by atomic mass is 16.6. The van der Waals surface area contributed by atoms with Gasteiger partial charge in [-0.25, -0.2) is 4.79 Å². The summed E-state index contributed by atoms with van der Waals surface area (Å²) in [5.41, 5.74) is 1.69. The number of benzene rings is 1. The Morgan fingerprint density at radius 3 is 2.29 bits per heavy atom. The number of hydrogen-bond donors (Lipinski definition) is 0. The maximum Gasteiger partial charge on any atom is 0.332 e. The molecule has 0 unspecified atom stereocenters. The molecule has 1 aromatic carbocycles. The van der Waals surface area contributed by atoms with Crippen molar-refractivity contribution in [1.82, 2.24) is 0 Å². The first-order valence-electron chi connectivity index (χ1n) is 7.42. The molecule has 118 valence electrons. The smallest absolute Gasteiger partial charge is 0.332 e. The van der Waals surface area contributed by atoms with E-state index in [0.717, 1.165) is 17.5 Å². The lowest BCUT2D eigenvalue weighted by atomic mass is 10.1. The van der Waals surface area contributed by atoms with E-state index in [-0.39, 0.29) is 12.6 Å². The summed E-state index contributed by atoms with van der Waals surface area (Å²) in [6.07, 6.45) is 0.776. The van der Waals surface area contributed by atoms with Crippen LogP contribution in [0.4, 0.5) is 0 Å². The molecular weight excluding hydrogens is 268 g/mol. The molecule has 4 heteroatoms. The van der Waals surface area contributed by atoms with Crippen LogP contribution in [0.2, 0.25) is 0 Å². The molecule has 1 rings (SSSR count). The highest BCUT2D eigenvalue weighted by Crippen LogP contribution is 2.14. The predicted octanol–water partition coefficient (Wildman–Crippen LogP) is 3.47. The Kier molecular flexibility index (Phi) is 7.40. The molecule has 0 aliphatic rings. The SMILES string of the molecule is CCOCc1cccc(COCC(=O)OC(C)(C)CC)c1. The summed E-state index contributed by atoms with van der Waals surface area (Å²) in [5.74, 6) is -0.327. The van der Waals surface area contributed by atoms with Crippen molar-refractivity contribution in [2.75, 3.05) is 13.2 Å². The summed E-state index contributed by atoms with van der Waals surface area (Å²) in [7, 11) is 0. The molecule has 0 bridgehead atoms. The predicted molar refractivity (Wildman–Crippen MR) is 81.9 cm³/mol. The van der Waals surface area contributed by atoms with Crippen molar-refractivity contribution in [2.24, 2.45) is 0 Å². The van der Waals surface area contributed by atoms with Gasteiger partial charge in [0.1, 0.15) is 12.2 Å². The molecule has 0 aliphatic carbocycles. The molecule has 0 saturated heterocycles. The molecule has 0 heterocycles. The maximum absolute atomic E-state index is 11.6. The molecule has 4 nitrogen and oxygen atoms in total. The third-order valence-corrected chi connectivity index (χ3v) is 3.19. The second kappa shape index (κ2) is 8.80. The number of esters is 1. The zero-order valence-corrected chi connectivity index (χ0v) is 13.5. The maximum atomic E-state index is 11.6. The van der Waals surface area contributed by atoms with E-state index >= 15 is 0 Å². The van der Waals surface area contributed by atoms with Crippen molar-refractivity contribution in [1.29, 1.82) is 0 Å². The molecule has 0 radical (unpaired) electrons. The van der Waals surface area contributed by atoms with E-state index in [2.05, 4.69) is 0 Å². The van der Waals surface area contributed by atoms with Crippen LogP contribution < -0.4 is 0 Å². The summed E-state index contributed by atoms with van der Waals surface area (Å²) in [5, 5.41) is 0. The monoisotopic (exact) mass is 294 g/mol. The van der Waals surface area contributed by atoms with Gasteiger partial charge in [0, 0.05) is 6.61 Å². The van der Waals surface area contributed by atoms with Crippen LogP contribution in [0.5, 0.6) is 0 Å². The van der Waals surface area contributed by atoms with E-state index in [9.17, 15) is 4.79 Å². The zero-order chi connectivity index (χ0) is 15.7. The first kappa shape index (κ1) is 17.7. The molecule has 21 heavy (non-hydrogen) atoms. The van der Waals surface area contributed by atoms with Gasteiger partial charge in [0.25, 0.3) is 0 Å². The summed E-state index contributed by atoms with van der Waals surface area (Å²) >= 11 is 0. The van der Waals surface area contributed by atoms with Gasteiger partial charge < -0.3 is 14.2 Å². The van der Waals surface area contributed by atoms with Gasteiger partial charge in [-0.15, -0.1) is 0 Å². The van der Waals surface area contributed by atoms with Crippen molar-refractivity contribution >= 4 is 5.97 Å². The standard InChI is InChI=1S/C17H26O4/c1-5-17(3,4)21-16(18)13-20-12-15-9-7-8-14(10-15)11-19-6-2/h7-10H,5-6,11-13H2,1-4H3. The van der Waals surface area contributed by atoms with Crippen molar-refractivity contribution in [3.8, 4) is 0 Å². The molecule has 0 spiro atoms. The van der Waals surface area contributed by atoms with Crippen LogP contribution in [-0.2, 0) is 32.2 Å². The lowest BCUT2D eigenvalue weighted by molar-refractivity contribution is -0.162. The van der Waals surface area contributed by atoms with Crippen LogP contribution >= 0.6 is 0 Å². The van der Waals surface area contributed by atoms with Gasteiger partial charge in [0.05, 0.1) is 13.2 Å². The molecular formula is C17H26O4. The van der Waals surface area contributed by atoms with Crippen LogP contribution in [0.1, 0.15) is 45.2 Å². The number of carbonyl (C=O) groups is 1. The summed E-state index contributed by atoms with van der Waals surface area (Å²) < 4.78 is 16.1. The van der Waals surface area contributed by atoms with Gasteiger partial charge in [-0.1, -0.05) is 31.2 Å². The number of carbonyl (C=O) groups excluding carboxylic acids is 1. The summed E-state index contributed by atoms with van der Waals surface area (Å²) in [6.45, 7) is 9.39. The van der Waals surface area contributed by atoms with E-state index in [1.165, 1.54) is 0 Å². The Morgan fingerprint density at radius 1 is 1.10 bits per heavy atom. The highest BCUT2D eigenvalue weighted by molar-refractivity contribution is 5.71. The van der Waals surface area contributed by atoms with Crippen LogP contribution in [0.15, 0.2) is 24.3 Å². The van der Waals surface area contributed by atoms with Gasteiger partial charge in [0.2, 0.25) is 0 Å². The van der Waals surface area contributed by atoms with Crippen LogP contribution in [0.25, 0.3) is 0 Å². The van der Waals surface area contributed by atoms with E-state index in [1.807, 2.05) is 52.0 Å². The Hall–Kier alpha value is -1.39. The third-order valence-electron chi connectivity index (χ3n) is 3.19. The van der Waals surface area contributed by atoms with Crippen molar-refractivity contribution < 1.29 is 19.0 Å². The summed E-state index contributed by atoms with van der Waals surface area (Å²) in [4.78, 5) is 11.6. The van der Waals surface area contributed by atoms with Crippen molar-refractivity contribution in [2.45, 2.75) is 52.9 Å². The fourth-order valence-corrected chi connectivity index (χ4v) is 1.69. The Morgan fingerprint density at radius 2 is 1.71 bits per heavy atom. The lowest BCUT2D eigenvalue weighted by Gasteiger charge is -2.23. The van der Waals surface area contributed by atoms with Gasteiger partial charge >= 0.3 is 5.97 Å². The topological polar surface area (TPSA) is 44.8 Å². The highest BCUT2D eigenvalue weighted by Gasteiger charge is 2.20. The van der Waals surface area contributed by atoms with Crippen LogP contribution in [0, 0.1) is 0 Å². The molecule has 0 amide bonds. The van der Waals surface area contributed by atoms with Crippen LogP contribution in [-0.4, -0.2) is 24.8 Å². The summed E-state index contributed by atoms with van der Waals surface area (Å²) in [6, 6.07) is 7.97. The Bertz CT molecular complexity index is 440. The minimum Gasteiger partial charge on any atom is -0.458 e. The van der Waals surface area contributed by atoms with Crippen molar-refractivity contribution in [3.05, 3.63) is 35.4 Å². The average molecular weight is 294 g/mol. The van der Waals surface area contributed by atoms with E-state index < -0.39 is 5.60 Å². The largest absolute Gasteiger partial charge is 0.458 e. The van der Waals surface area contributed by atoms with E-state index in [1.54, 1.807) is 0 Å². The normalized spacial score (nSPS) is 11.4. The minimum absolute atomic E-state index is 0.0287. The van der Waals surface area contributed by atoms with Gasteiger partial charge in [-0.05, 0) is 38.3 Å². The quantitative estimate of drug-likeness (QED) is 0.654. The number of hydrogen-bond acceptors (Lipinski definition) is 4. The molecule has 0 saturated carbocycles. The van der Waals surface area contributed by atoms with E-state index in [0.29, 0.717) is 19.8 Å². The fraction of sp³-hybridized carbons (Fsp3) is 0.588. The number of ether oxygens (including phenoxy) is 3. The second-order valence-corrected chi connectivity index (χ2v) is 5.54. The van der Waals surface area contributed by atoms with Crippen LogP contribution in [0.3, 0.4) is 0 Å². The lowest BCUT2D eigenvalue weighted by Crippen LogP contribution is -2.29. The fourth-order valence-electron chi connectivity index (χ4n) is 1.69. The third kappa shape index (κ3) is 7.25. The van der Waals surface area contributed by atoms with Gasteiger partial charge in [-0.2, -0.15) is 0 Å². The van der Waals surface area contributed by atoms with Gasteiger partial charge in [-0.3, -0.25) is 0 Å². The first-order valence-corrected chi connectivity index (χ1v) is 7.42. The average Bonchev–Trinajstić information content (AvgIpc) is 2.45. The zero-order valence-electron chi connectivity index (χ0n) is 13.5. The molecule has 0 N–H and O–H groups in total. The molecule has 0 aromatic heterocycles. The van der Waals surface area contributed by atoms with Crippen molar-refractivity contribution in [3.63, 3.8) is 0 Å². The minimum atomic E-state index is -0.433. The first-order chi connectivity index (χ1) is 9.96.